The molecule has 8 atom stereocenters. The lowest BCUT2D eigenvalue weighted by molar-refractivity contribution is -0.0705. The zero-order valence-corrected chi connectivity index (χ0v) is 19.1. The third-order valence-corrected chi connectivity index (χ3v) is 9.92. The number of hydrogen-bond donors (Lipinski definition) is 1. The molecule has 1 heteroatoms. The smallest absolute Gasteiger partial charge is 0.0639 e. The predicted molar refractivity (Wildman–Crippen MR) is 119 cm³/mol. The second-order valence-corrected chi connectivity index (χ2v) is 11.7. The van der Waals surface area contributed by atoms with E-state index in [0.29, 0.717) is 17.3 Å². The summed E-state index contributed by atoms with van der Waals surface area (Å²) in [7, 11) is 0. The molecule has 4 aliphatic rings. The zero-order valence-electron chi connectivity index (χ0n) is 19.1. The third-order valence-electron chi connectivity index (χ3n) is 9.92. The Morgan fingerprint density at radius 1 is 1.04 bits per heavy atom. The van der Waals surface area contributed by atoms with Crippen molar-refractivity contribution in [3.8, 4) is 0 Å². The van der Waals surface area contributed by atoms with Crippen LogP contribution < -0.4 is 0 Å². The van der Waals surface area contributed by atoms with E-state index in [1.54, 1.807) is 0 Å². The second-order valence-electron chi connectivity index (χ2n) is 11.7. The van der Waals surface area contributed by atoms with Crippen molar-refractivity contribution < 1.29 is 5.11 Å². The van der Waals surface area contributed by atoms with Gasteiger partial charge in [0.25, 0.3) is 0 Å². The van der Waals surface area contributed by atoms with E-state index in [4.69, 9.17) is 0 Å². The van der Waals surface area contributed by atoms with Crippen LogP contribution in [0.2, 0.25) is 0 Å². The number of allylic oxidation sites excluding steroid dienone is 3. The van der Waals surface area contributed by atoms with Crippen molar-refractivity contribution in [2.45, 2.75) is 98.5 Å². The van der Waals surface area contributed by atoms with Crippen molar-refractivity contribution in [3.63, 3.8) is 0 Å². The van der Waals surface area contributed by atoms with E-state index >= 15 is 0 Å². The highest BCUT2D eigenvalue weighted by atomic mass is 16.3. The molecule has 2 fully saturated rings. The fraction of sp³-hybridized carbons (Fsp3) is 0.852. The fourth-order valence-electron chi connectivity index (χ4n) is 8.22. The molecule has 0 aromatic heterocycles. The number of aliphatic hydroxyl groups is 1. The molecule has 0 aromatic rings. The summed E-state index contributed by atoms with van der Waals surface area (Å²) in [4.78, 5) is 0. The maximum absolute atomic E-state index is 11.0. The van der Waals surface area contributed by atoms with Gasteiger partial charge < -0.3 is 5.11 Å². The summed E-state index contributed by atoms with van der Waals surface area (Å²) in [5, 5.41) is 11.0. The Kier molecular flexibility index (Phi) is 5.62. The first kappa shape index (κ1) is 20.7. The lowest BCUT2D eigenvalue weighted by Gasteiger charge is -2.57. The highest BCUT2D eigenvalue weighted by molar-refractivity contribution is 5.36. The minimum atomic E-state index is -0.151. The molecule has 2 saturated carbocycles. The van der Waals surface area contributed by atoms with Gasteiger partial charge in [-0.25, -0.2) is 0 Å². The van der Waals surface area contributed by atoms with Crippen LogP contribution in [-0.2, 0) is 0 Å². The first-order valence-corrected chi connectivity index (χ1v) is 12.4. The molecule has 0 spiro atoms. The van der Waals surface area contributed by atoms with Gasteiger partial charge in [-0.05, 0) is 85.0 Å². The Morgan fingerprint density at radius 2 is 1.82 bits per heavy atom. The third kappa shape index (κ3) is 3.15. The van der Waals surface area contributed by atoms with Gasteiger partial charge >= 0.3 is 0 Å². The molecular weight excluding hydrogens is 340 g/mol. The summed E-state index contributed by atoms with van der Waals surface area (Å²) in [5.74, 6) is 4.76. The van der Waals surface area contributed by atoms with E-state index in [1.165, 1.54) is 50.5 Å². The average Bonchev–Trinajstić information content (AvgIpc) is 3.00. The molecule has 0 aliphatic heterocycles. The SMILES string of the molecule is CC(C)CCC[C@@H](C)[C@H]1CC[C@H]2[C@@H]3C=CC4=CCCC(O)[C@]4(C)[C@H]3CC[C@]12C. The van der Waals surface area contributed by atoms with Crippen molar-refractivity contribution in [2.75, 3.05) is 0 Å². The molecule has 1 N–H and O–H groups in total. The summed E-state index contributed by atoms with van der Waals surface area (Å²) in [6, 6.07) is 0. The summed E-state index contributed by atoms with van der Waals surface area (Å²) in [6.07, 6.45) is 19.0. The highest BCUT2D eigenvalue weighted by Gasteiger charge is 2.59. The molecular formula is C27H44O. The standard InChI is InChI=1S/C27H44O/c1-18(2)8-6-9-19(3)22-14-15-23-21-13-12-20-10-7-11-25(28)27(20,5)24(21)16-17-26(22,23)4/h10,12-13,18-19,21-25,28H,6-9,11,14-17H2,1-5H3/t19-,21+,22-,23+,24+,25?,26-,27+/m1/s1. The monoisotopic (exact) mass is 384 g/mol. The quantitative estimate of drug-likeness (QED) is 0.533. The van der Waals surface area contributed by atoms with Crippen LogP contribution >= 0.6 is 0 Å². The van der Waals surface area contributed by atoms with Crippen LogP contribution in [0, 0.1) is 46.3 Å². The molecule has 28 heavy (non-hydrogen) atoms. The Labute approximate surface area is 174 Å². The maximum Gasteiger partial charge on any atom is 0.0639 e. The van der Waals surface area contributed by atoms with Gasteiger partial charge in [0.1, 0.15) is 0 Å². The average molecular weight is 385 g/mol. The van der Waals surface area contributed by atoms with Crippen LogP contribution in [0.25, 0.3) is 0 Å². The van der Waals surface area contributed by atoms with Crippen molar-refractivity contribution >= 4 is 0 Å². The first-order valence-electron chi connectivity index (χ1n) is 12.4. The number of rotatable bonds is 5. The number of fused-ring (bicyclic) bond motifs is 5. The Balaban J connectivity index is 1.53. The Bertz CT molecular complexity index is 630. The van der Waals surface area contributed by atoms with Gasteiger partial charge in [-0.3, -0.25) is 0 Å². The molecule has 0 radical (unpaired) electrons. The van der Waals surface area contributed by atoms with Crippen molar-refractivity contribution in [1.29, 1.82) is 0 Å². The van der Waals surface area contributed by atoms with Crippen LogP contribution in [-0.4, -0.2) is 11.2 Å². The molecule has 1 nitrogen and oxygen atoms in total. The van der Waals surface area contributed by atoms with E-state index in [-0.39, 0.29) is 11.5 Å². The van der Waals surface area contributed by atoms with Gasteiger partial charge in [0.15, 0.2) is 0 Å². The van der Waals surface area contributed by atoms with Gasteiger partial charge in [-0.2, -0.15) is 0 Å². The van der Waals surface area contributed by atoms with Gasteiger partial charge in [0.2, 0.25) is 0 Å². The largest absolute Gasteiger partial charge is 0.392 e. The van der Waals surface area contributed by atoms with Crippen molar-refractivity contribution in [2.24, 2.45) is 46.3 Å². The lowest BCUT2D eigenvalue weighted by Crippen LogP contribution is -2.53. The van der Waals surface area contributed by atoms with Crippen molar-refractivity contribution in [3.05, 3.63) is 23.8 Å². The molecule has 0 bridgehead atoms. The van der Waals surface area contributed by atoms with Gasteiger partial charge in [0, 0.05) is 5.41 Å². The summed E-state index contributed by atoms with van der Waals surface area (Å²) in [6.45, 7) is 12.3. The summed E-state index contributed by atoms with van der Waals surface area (Å²) < 4.78 is 0. The molecule has 1 unspecified atom stereocenters. The van der Waals surface area contributed by atoms with Gasteiger partial charge in [-0.15, -0.1) is 0 Å². The lowest BCUT2D eigenvalue weighted by atomic mass is 9.47. The predicted octanol–water partition coefficient (Wildman–Crippen LogP) is 7.16. The minimum absolute atomic E-state index is 0.0000360. The zero-order chi connectivity index (χ0) is 20.1. The Hall–Kier alpha value is -0.560. The maximum atomic E-state index is 11.0. The molecule has 0 amide bonds. The number of aliphatic hydroxyl groups excluding tert-OH is 1. The van der Waals surface area contributed by atoms with E-state index in [1.807, 2.05) is 0 Å². The normalized spacial score (nSPS) is 46.0. The Morgan fingerprint density at radius 3 is 2.57 bits per heavy atom. The van der Waals surface area contributed by atoms with Crippen LogP contribution in [0.3, 0.4) is 0 Å². The molecule has 0 heterocycles. The van der Waals surface area contributed by atoms with E-state index < -0.39 is 0 Å². The summed E-state index contributed by atoms with van der Waals surface area (Å²) in [5.41, 5.74) is 1.95. The second kappa shape index (κ2) is 7.60. The molecule has 0 saturated heterocycles. The molecule has 4 rings (SSSR count). The van der Waals surface area contributed by atoms with Crippen LogP contribution in [0.1, 0.15) is 92.4 Å². The van der Waals surface area contributed by atoms with E-state index in [2.05, 4.69) is 52.8 Å². The molecule has 158 valence electrons. The van der Waals surface area contributed by atoms with E-state index in [9.17, 15) is 5.11 Å². The van der Waals surface area contributed by atoms with Crippen LogP contribution in [0.4, 0.5) is 0 Å². The molecule has 4 aliphatic carbocycles. The van der Waals surface area contributed by atoms with Crippen molar-refractivity contribution in [1.82, 2.24) is 0 Å². The van der Waals surface area contributed by atoms with E-state index in [0.717, 1.165) is 36.5 Å². The first-order chi connectivity index (χ1) is 13.3. The minimum Gasteiger partial charge on any atom is -0.392 e. The van der Waals surface area contributed by atoms with Crippen LogP contribution in [0.5, 0.6) is 0 Å². The van der Waals surface area contributed by atoms with Crippen LogP contribution in [0.15, 0.2) is 23.8 Å². The number of hydrogen-bond acceptors (Lipinski definition) is 1. The summed E-state index contributed by atoms with van der Waals surface area (Å²) >= 11 is 0. The molecule has 0 aromatic carbocycles. The van der Waals surface area contributed by atoms with Gasteiger partial charge in [-0.1, -0.05) is 72.1 Å². The fourth-order valence-corrected chi connectivity index (χ4v) is 8.22. The topological polar surface area (TPSA) is 20.2 Å². The highest BCUT2D eigenvalue weighted by Crippen LogP contribution is 2.66. The van der Waals surface area contributed by atoms with Gasteiger partial charge in [0.05, 0.1) is 6.10 Å².